The highest BCUT2D eigenvalue weighted by Crippen LogP contribution is 2.28. The summed E-state index contributed by atoms with van der Waals surface area (Å²) in [4.78, 5) is 18.9. The topological polar surface area (TPSA) is 47.4 Å². The minimum absolute atomic E-state index is 0.105. The van der Waals surface area contributed by atoms with Gasteiger partial charge in [-0.2, -0.15) is 0 Å². The number of hydrogen-bond donors (Lipinski definition) is 0. The molecule has 0 bridgehead atoms. The average molecular weight is 555 g/mol. The predicted molar refractivity (Wildman–Crippen MR) is 159 cm³/mol. The second kappa shape index (κ2) is 17.9. The molecule has 0 N–H and O–H groups in total. The molecule has 0 radical (unpaired) electrons. The quantitative estimate of drug-likeness (QED) is 0.0709. The van der Waals surface area contributed by atoms with Gasteiger partial charge in [-0.25, -0.2) is 4.98 Å². The number of esters is 1. The first-order chi connectivity index (χ1) is 17.8. The Labute approximate surface area is 235 Å². The highest BCUT2D eigenvalue weighted by atomic mass is 35.5. The van der Waals surface area contributed by atoms with E-state index in [2.05, 4.69) is 17.6 Å². The Morgan fingerprint density at radius 1 is 0.919 bits per heavy atom. The van der Waals surface area contributed by atoms with Gasteiger partial charge in [-0.15, -0.1) is 0 Å². The van der Waals surface area contributed by atoms with E-state index in [1.807, 2.05) is 37.9 Å². The number of fused-ring (bicyclic) bond motifs is 1. The van der Waals surface area contributed by atoms with E-state index in [4.69, 9.17) is 32.9 Å². The Balaban J connectivity index is 1.60. The maximum Gasteiger partial charge on any atom is 0.305 e. The van der Waals surface area contributed by atoms with Crippen LogP contribution in [0.1, 0.15) is 116 Å². The molecule has 2 rings (SSSR count). The molecule has 0 saturated carbocycles. The van der Waals surface area contributed by atoms with Crippen molar-refractivity contribution in [2.45, 2.75) is 128 Å². The van der Waals surface area contributed by atoms with Gasteiger partial charge >= 0.3 is 5.97 Å². The lowest BCUT2D eigenvalue weighted by Crippen LogP contribution is -2.34. The normalized spacial score (nSPS) is 13.1. The first-order valence-electron chi connectivity index (χ1n) is 14.5. The molecule has 1 heterocycles. The van der Waals surface area contributed by atoms with Gasteiger partial charge in [-0.3, -0.25) is 4.79 Å². The van der Waals surface area contributed by atoms with Gasteiger partial charge in [0, 0.05) is 25.6 Å². The maximum absolute atomic E-state index is 12.2. The minimum atomic E-state index is -0.228. The number of alkyl halides is 2. The average Bonchev–Trinajstić information content (AvgIpc) is 3.16. The number of anilines is 1. The summed E-state index contributed by atoms with van der Waals surface area (Å²) in [6, 6.07) is 6.10. The molecule has 0 amide bonds. The molecule has 37 heavy (non-hydrogen) atoms. The van der Waals surface area contributed by atoms with Crippen LogP contribution in [-0.4, -0.2) is 33.1 Å². The van der Waals surface area contributed by atoms with E-state index in [0.717, 1.165) is 48.2 Å². The molecule has 210 valence electrons. The minimum Gasteiger partial charge on any atom is -0.466 e. The summed E-state index contributed by atoms with van der Waals surface area (Å²) in [5, 5.41) is 0. The molecule has 0 spiro atoms. The zero-order valence-electron chi connectivity index (χ0n) is 23.6. The van der Waals surface area contributed by atoms with Crippen molar-refractivity contribution in [2.24, 2.45) is 7.05 Å². The lowest BCUT2D eigenvalue weighted by atomic mass is 10.1. The number of ether oxygens (including phenoxy) is 1. The summed E-state index contributed by atoms with van der Waals surface area (Å²) in [5.74, 6) is 0.859. The number of benzene rings is 1. The van der Waals surface area contributed by atoms with E-state index < -0.39 is 0 Å². The largest absolute Gasteiger partial charge is 0.466 e. The molecule has 0 aliphatic heterocycles. The van der Waals surface area contributed by atoms with Crippen molar-refractivity contribution in [1.29, 1.82) is 0 Å². The summed E-state index contributed by atoms with van der Waals surface area (Å²) in [6.07, 6.45) is 17.5. The molecule has 0 aliphatic rings. The Morgan fingerprint density at radius 2 is 1.49 bits per heavy atom. The number of nitrogens with zero attached hydrogens (tertiary/aromatic N) is 3. The Kier molecular flexibility index (Phi) is 15.4. The highest BCUT2D eigenvalue weighted by Gasteiger charge is 2.19. The molecular formula is C30H49Cl2N3O2. The van der Waals surface area contributed by atoms with Gasteiger partial charge in [0.05, 0.1) is 17.6 Å². The molecule has 1 aromatic heterocycles. The van der Waals surface area contributed by atoms with Crippen molar-refractivity contribution in [1.82, 2.24) is 9.55 Å². The van der Waals surface area contributed by atoms with E-state index >= 15 is 0 Å². The van der Waals surface area contributed by atoms with Gasteiger partial charge in [-0.05, 0) is 44.9 Å². The second-order valence-corrected chi connectivity index (χ2v) is 11.5. The van der Waals surface area contributed by atoms with Gasteiger partial charge in [0.15, 0.2) is 0 Å². The van der Waals surface area contributed by atoms with Crippen LogP contribution in [0.25, 0.3) is 11.0 Å². The second-order valence-electron chi connectivity index (χ2n) is 10.3. The van der Waals surface area contributed by atoms with E-state index in [0.29, 0.717) is 13.0 Å². The first-order valence-corrected chi connectivity index (χ1v) is 15.4. The molecule has 2 atom stereocenters. The van der Waals surface area contributed by atoms with Gasteiger partial charge < -0.3 is 14.2 Å². The van der Waals surface area contributed by atoms with Crippen LogP contribution in [0.5, 0.6) is 0 Å². The van der Waals surface area contributed by atoms with Crippen molar-refractivity contribution >= 4 is 45.9 Å². The predicted octanol–water partition coefficient (Wildman–Crippen LogP) is 9.12. The molecule has 2 unspecified atom stereocenters. The third-order valence-corrected chi connectivity index (χ3v) is 7.48. The Hall–Kier alpha value is -1.46. The van der Waals surface area contributed by atoms with Gasteiger partial charge in [0.25, 0.3) is 0 Å². The molecule has 5 nitrogen and oxygen atoms in total. The third-order valence-electron chi connectivity index (χ3n) is 7.06. The van der Waals surface area contributed by atoms with Gasteiger partial charge in [0.1, 0.15) is 16.8 Å². The fourth-order valence-corrected chi connectivity index (χ4v) is 5.53. The number of aromatic nitrogens is 2. The van der Waals surface area contributed by atoms with Crippen molar-refractivity contribution in [2.75, 3.05) is 11.5 Å². The van der Waals surface area contributed by atoms with Crippen molar-refractivity contribution in [3.63, 3.8) is 0 Å². The van der Waals surface area contributed by atoms with Crippen LogP contribution in [0, 0.1) is 0 Å². The molecular weight excluding hydrogens is 505 g/mol. The SMILES string of the molecule is CCCCCCCCCCCCCCOC(=O)CCCc1nc2cc(N(C(C)Cl)C(C)Cl)ccc2n1C. The van der Waals surface area contributed by atoms with Crippen LogP contribution >= 0.6 is 23.2 Å². The zero-order chi connectivity index (χ0) is 27.0. The number of unbranched alkanes of at least 4 members (excludes halogenated alkanes) is 11. The van der Waals surface area contributed by atoms with E-state index in [1.165, 1.54) is 64.2 Å². The number of rotatable bonds is 20. The zero-order valence-corrected chi connectivity index (χ0v) is 25.1. The number of aryl methyl sites for hydroxylation is 2. The number of carbonyl (C=O) groups excluding carboxylic acids is 1. The van der Waals surface area contributed by atoms with Crippen LogP contribution < -0.4 is 4.90 Å². The van der Waals surface area contributed by atoms with Crippen molar-refractivity contribution < 1.29 is 9.53 Å². The smallest absolute Gasteiger partial charge is 0.305 e. The molecule has 7 heteroatoms. The Bertz CT molecular complexity index is 906. The summed E-state index contributed by atoms with van der Waals surface area (Å²) < 4.78 is 7.54. The van der Waals surface area contributed by atoms with Crippen molar-refractivity contribution in [3.05, 3.63) is 24.0 Å². The van der Waals surface area contributed by atoms with Gasteiger partial charge in [-0.1, -0.05) is 101 Å². The van der Waals surface area contributed by atoms with E-state index in [1.54, 1.807) is 0 Å². The summed E-state index contributed by atoms with van der Waals surface area (Å²) in [7, 11) is 2.02. The third kappa shape index (κ3) is 11.4. The van der Waals surface area contributed by atoms with E-state index in [-0.39, 0.29) is 17.0 Å². The first kappa shape index (κ1) is 31.8. The summed E-state index contributed by atoms with van der Waals surface area (Å²) in [6.45, 7) is 6.62. The molecule has 0 aliphatic carbocycles. The number of imidazole rings is 1. The standard InChI is InChI=1S/C30H49Cl2N3O2/c1-5-6-7-8-9-10-11-12-13-14-15-16-22-37-30(36)19-17-18-29-33-27-23-26(20-21-28(27)34(29)4)35(24(2)31)25(3)32/h20-21,23-25H,5-19,22H2,1-4H3. The highest BCUT2D eigenvalue weighted by molar-refractivity contribution is 6.25. The lowest BCUT2D eigenvalue weighted by Gasteiger charge is -2.29. The maximum atomic E-state index is 12.2. The van der Waals surface area contributed by atoms with Crippen LogP contribution in [0.4, 0.5) is 5.69 Å². The van der Waals surface area contributed by atoms with Crippen LogP contribution in [0.3, 0.4) is 0 Å². The lowest BCUT2D eigenvalue weighted by molar-refractivity contribution is -0.143. The summed E-state index contributed by atoms with van der Waals surface area (Å²) >= 11 is 12.7. The molecule has 2 aromatic rings. The fraction of sp³-hybridized carbons (Fsp3) is 0.733. The monoisotopic (exact) mass is 553 g/mol. The fourth-order valence-electron chi connectivity index (χ4n) is 4.91. The number of halogens is 2. The number of hydrogen-bond acceptors (Lipinski definition) is 4. The van der Waals surface area contributed by atoms with Crippen molar-refractivity contribution in [3.8, 4) is 0 Å². The Morgan fingerprint density at radius 3 is 2.05 bits per heavy atom. The van der Waals surface area contributed by atoms with Crippen LogP contribution in [0.2, 0.25) is 0 Å². The van der Waals surface area contributed by atoms with Crippen LogP contribution in [-0.2, 0) is 23.0 Å². The number of carbonyl (C=O) groups is 1. The molecule has 0 saturated heterocycles. The van der Waals surface area contributed by atoms with Gasteiger partial charge in [0.2, 0.25) is 0 Å². The van der Waals surface area contributed by atoms with Crippen LogP contribution in [0.15, 0.2) is 18.2 Å². The molecule has 1 aromatic carbocycles. The van der Waals surface area contributed by atoms with E-state index in [9.17, 15) is 4.79 Å². The molecule has 0 fully saturated rings. The summed E-state index contributed by atoms with van der Waals surface area (Å²) in [5.41, 5.74) is 2.45.